The Bertz CT molecular complexity index is 338. The third kappa shape index (κ3) is 2.81. The Kier molecular flexibility index (Phi) is 3.95. The molecule has 1 N–H and O–H groups in total. The van der Waals surface area contributed by atoms with Crippen molar-refractivity contribution < 1.29 is 4.74 Å². The molecule has 1 aliphatic heterocycles. The Morgan fingerprint density at radius 2 is 2.44 bits per heavy atom. The van der Waals surface area contributed by atoms with Gasteiger partial charge in [-0.2, -0.15) is 0 Å². The number of rotatable bonds is 4. The predicted molar refractivity (Wildman–Crippen MR) is 66.8 cm³/mol. The van der Waals surface area contributed by atoms with Crippen molar-refractivity contribution in [3.8, 4) is 0 Å². The maximum atomic E-state index is 5.81. The zero-order valence-corrected chi connectivity index (χ0v) is 11.0. The summed E-state index contributed by atoms with van der Waals surface area (Å²) in [5.74, 6) is 0.577. The fraction of sp³-hybridized carbons (Fsp3) is 0.750. The Morgan fingerprint density at radius 1 is 1.62 bits per heavy atom. The van der Waals surface area contributed by atoms with Crippen molar-refractivity contribution in [3.63, 3.8) is 0 Å². The van der Waals surface area contributed by atoms with Crippen LogP contribution in [0.5, 0.6) is 0 Å². The minimum atomic E-state index is 0.213. The van der Waals surface area contributed by atoms with E-state index in [0.29, 0.717) is 12.0 Å². The van der Waals surface area contributed by atoms with Crippen molar-refractivity contribution in [2.75, 3.05) is 13.2 Å². The molecule has 2 rings (SSSR count). The first kappa shape index (κ1) is 12.0. The Morgan fingerprint density at radius 3 is 3.06 bits per heavy atom. The molecule has 1 aromatic rings. The lowest BCUT2D eigenvalue weighted by molar-refractivity contribution is 0.0897. The molecule has 0 amide bonds. The van der Waals surface area contributed by atoms with Crippen LogP contribution in [-0.2, 0) is 4.74 Å². The molecule has 2 unspecified atom stereocenters. The highest BCUT2D eigenvalue weighted by Gasteiger charge is 2.31. The minimum Gasteiger partial charge on any atom is -0.371 e. The van der Waals surface area contributed by atoms with E-state index in [-0.39, 0.29) is 6.10 Å². The molecule has 4 heteroatoms. The molecular weight excluding hydrogens is 220 g/mol. The quantitative estimate of drug-likeness (QED) is 0.878. The second-order valence-electron chi connectivity index (χ2n) is 4.73. The van der Waals surface area contributed by atoms with Crippen LogP contribution in [0.4, 0.5) is 0 Å². The van der Waals surface area contributed by atoms with Crippen LogP contribution in [0, 0.1) is 12.8 Å². The van der Waals surface area contributed by atoms with E-state index in [1.807, 2.05) is 6.92 Å². The summed E-state index contributed by atoms with van der Waals surface area (Å²) in [6, 6.07) is 0.541. The van der Waals surface area contributed by atoms with Crippen molar-refractivity contribution >= 4 is 11.3 Å². The molecule has 0 bridgehead atoms. The summed E-state index contributed by atoms with van der Waals surface area (Å²) in [4.78, 5) is 4.54. The van der Waals surface area contributed by atoms with E-state index in [0.717, 1.165) is 30.3 Å². The van der Waals surface area contributed by atoms with Gasteiger partial charge in [-0.05, 0) is 13.3 Å². The molecular formula is C12H20N2OS. The number of hydrogen-bond donors (Lipinski definition) is 1. The topological polar surface area (TPSA) is 34.1 Å². The highest BCUT2D eigenvalue weighted by atomic mass is 32.1. The summed E-state index contributed by atoms with van der Waals surface area (Å²) in [7, 11) is 0. The average Bonchev–Trinajstić information content (AvgIpc) is 2.82. The van der Waals surface area contributed by atoms with E-state index in [2.05, 4.69) is 29.5 Å². The molecule has 0 radical (unpaired) electrons. The summed E-state index contributed by atoms with van der Waals surface area (Å²) in [6.45, 7) is 8.29. The van der Waals surface area contributed by atoms with Gasteiger partial charge in [-0.3, -0.25) is 0 Å². The fourth-order valence-corrected chi connectivity index (χ4v) is 2.94. The van der Waals surface area contributed by atoms with E-state index in [1.165, 1.54) is 0 Å². The van der Waals surface area contributed by atoms with Gasteiger partial charge in [-0.25, -0.2) is 4.98 Å². The lowest BCUT2D eigenvalue weighted by Gasteiger charge is -2.18. The fourth-order valence-electron chi connectivity index (χ4n) is 2.01. The van der Waals surface area contributed by atoms with Crippen LogP contribution in [0.1, 0.15) is 37.1 Å². The van der Waals surface area contributed by atoms with Crippen LogP contribution in [0.3, 0.4) is 0 Å². The van der Waals surface area contributed by atoms with E-state index >= 15 is 0 Å². The molecule has 1 saturated heterocycles. The molecule has 90 valence electrons. The Labute approximate surface area is 101 Å². The Hall–Kier alpha value is -0.450. The average molecular weight is 240 g/mol. The predicted octanol–water partition coefficient (Wildman–Crippen LogP) is 2.53. The van der Waals surface area contributed by atoms with Gasteiger partial charge in [0, 0.05) is 36.2 Å². The van der Waals surface area contributed by atoms with Gasteiger partial charge in [0.1, 0.15) is 11.1 Å². The molecule has 2 atom stereocenters. The summed E-state index contributed by atoms with van der Waals surface area (Å²) in [5, 5.41) is 6.74. The number of ether oxygens (including phenoxy) is 1. The largest absolute Gasteiger partial charge is 0.371 e. The van der Waals surface area contributed by atoms with Gasteiger partial charge in [0.2, 0.25) is 0 Å². The highest BCUT2D eigenvalue weighted by molar-refractivity contribution is 7.09. The summed E-state index contributed by atoms with van der Waals surface area (Å²) in [6.07, 6.45) is 1.35. The van der Waals surface area contributed by atoms with Crippen molar-refractivity contribution in [3.05, 3.63) is 16.1 Å². The molecule has 0 saturated carbocycles. The van der Waals surface area contributed by atoms with Crippen molar-refractivity contribution in [1.82, 2.24) is 10.3 Å². The van der Waals surface area contributed by atoms with Crippen molar-refractivity contribution in [2.24, 2.45) is 5.92 Å². The van der Waals surface area contributed by atoms with Crippen LogP contribution in [0.25, 0.3) is 0 Å². The molecule has 0 spiro atoms. The van der Waals surface area contributed by atoms with Gasteiger partial charge in [0.15, 0.2) is 0 Å². The lowest BCUT2D eigenvalue weighted by Crippen LogP contribution is -2.30. The number of aryl methyl sites for hydroxylation is 1. The number of nitrogens with one attached hydrogen (secondary N) is 1. The molecule has 1 aromatic heterocycles. The third-order valence-electron chi connectivity index (χ3n) is 2.88. The maximum Gasteiger partial charge on any atom is 0.122 e. The number of aromatic nitrogens is 1. The van der Waals surface area contributed by atoms with Crippen LogP contribution in [0.15, 0.2) is 5.38 Å². The summed E-state index contributed by atoms with van der Waals surface area (Å²) < 4.78 is 5.81. The van der Waals surface area contributed by atoms with Gasteiger partial charge in [-0.15, -0.1) is 11.3 Å². The monoisotopic (exact) mass is 240 g/mol. The van der Waals surface area contributed by atoms with Gasteiger partial charge < -0.3 is 10.1 Å². The van der Waals surface area contributed by atoms with Crippen molar-refractivity contribution in [1.29, 1.82) is 0 Å². The minimum absolute atomic E-state index is 0.213. The smallest absolute Gasteiger partial charge is 0.122 e. The zero-order chi connectivity index (χ0) is 11.5. The van der Waals surface area contributed by atoms with Gasteiger partial charge >= 0.3 is 0 Å². The van der Waals surface area contributed by atoms with E-state index in [9.17, 15) is 0 Å². The van der Waals surface area contributed by atoms with Crippen LogP contribution >= 0.6 is 11.3 Å². The molecule has 16 heavy (non-hydrogen) atoms. The normalized spacial score (nSPS) is 25.5. The SMILES string of the molecule is Cc1csc(C2OCCC2CNC(C)C)n1. The van der Waals surface area contributed by atoms with Gasteiger partial charge in [0.25, 0.3) is 0 Å². The van der Waals surface area contributed by atoms with E-state index < -0.39 is 0 Å². The first-order valence-electron chi connectivity index (χ1n) is 5.94. The standard InChI is InChI=1S/C12H20N2OS/c1-8(2)13-6-10-4-5-15-11(10)12-14-9(3)7-16-12/h7-8,10-11,13H,4-6H2,1-3H3. The third-order valence-corrected chi connectivity index (χ3v) is 3.91. The summed E-state index contributed by atoms with van der Waals surface area (Å²) >= 11 is 1.72. The first-order valence-corrected chi connectivity index (χ1v) is 6.82. The first-order chi connectivity index (χ1) is 7.66. The van der Waals surface area contributed by atoms with Crippen LogP contribution in [-0.4, -0.2) is 24.2 Å². The number of nitrogens with zero attached hydrogens (tertiary/aromatic N) is 1. The molecule has 0 aromatic carbocycles. The molecule has 3 nitrogen and oxygen atoms in total. The molecule has 2 heterocycles. The molecule has 1 aliphatic rings. The number of thiazole rings is 1. The lowest BCUT2D eigenvalue weighted by atomic mass is 10.0. The maximum absolute atomic E-state index is 5.81. The van der Waals surface area contributed by atoms with E-state index in [1.54, 1.807) is 11.3 Å². The van der Waals surface area contributed by atoms with Crippen molar-refractivity contribution in [2.45, 2.75) is 39.3 Å². The van der Waals surface area contributed by atoms with Crippen LogP contribution < -0.4 is 5.32 Å². The summed E-state index contributed by atoms with van der Waals surface area (Å²) in [5.41, 5.74) is 1.10. The van der Waals surface area contributed by atoms with E-state index in [4.69, 9.17) is 4.74 Å². The molecule has 0 aliphatic carbocycles. The molecule has 1 fully saturated rings. The zero-order valence-electron chi connectivity index (χ0n) is 10.2. The number of hydrogen-bond acceptors (Lipinski definition) is 4. The second-order valence-corrected chi connectivity index (χ2v) is 5.62. The van der Waals surface area contributed by atoms with Gasteiger partial charge in [0.05, 0.1) is 0 Å². The van der Waals surface area contributed by atoms with Crippen LogP contribution in [0.2, 0.25) is 0 Å². The highest BCUT2D eigenvalue weighted by Crippen LogP contribution is 2.35. The second kappa shape index (κ2) is 5.25. The Balaban J connectivity index is 1.98. The van der Waals surface area contributed by atoms with Gasteiger partial charge in [-0.1, -0.05) is 13.8 Å².